The first-order valence-corrected chi connectivity index (χ1v) is 4.79. The molecule has 60 valence electrons. The average molecular weight is 168 g/mol. The molecule has 1 aliphatic carbocycles. The smallest absolute Gasteiger partial charge is 0.107 e. The number of nitrogens with two attached hydrogens (primary N) is 1. The van der Waals surface area contributed by atoms with Crippen LogP contribution in [0.5, 0.6) is 0 Å². The number of nitrogens with zero attached hydrogens (tertiary/aromatic N) is 1. The molecular weight excluding hydrogens is 156 g/mol. The molecule has 1 aliphatic rings. The summed E-state index contributed by atoms with van der Waals surface area (Å²) in [5.74, 6) is 0.770. The molecule has 1 saturated carbocycles. The molecule has 0 unspecified atom stereocenters. The Morgan fingerprint density at radius 2 is 2.36 bits per heavy atom. The summed E-state index contributed by atoms with van der Waals surface area (Å²) < 4.78 is 0. The minimum Gasteiger partial charge on any atom is -0.325 e. The highest BCUT2D eigenvalue weighted by Crippen LogP contribution is 2.42. The van der Waals surface area contributed by atoms with Gasteiger partial charge in [-0.1, -0.05) is 0 Å². The van der Waals surface area contributed by atoms with E-state index in [0.717, 1.165) is 10.9 Å². The van der Waals surface area contributed by atoms with E-state index in [1.54, 1.807) is 11.3 Å². The van der Waals surface area contributed by atoms with Gasteiger partial charge in [0.15, 0.2) is 0 Å². The monoisotopic (exact) mass is 168 g/mol. The van der Waals surface area contributed by atoms with Gasteiger partial charge < -0.3 is 5.73 Å². The Labute approximate surface area is 70.5 Å². The number of aryl methyl sites for hydroxylation is 1. The standard InChI is InChI=1S/C8H12N2S/c1-5-8(6-2-3-6)10-7(4-9)11-5/h6H,2-4,9H2,1H3. The third kappa shape index (κ3) is 1.30. The van der Waals surface area contributed by atoms with Crippen molar-refractivity contribution in [3.63, 3.8) is 0 Å². The van der Waals surface area contributed by atoms with Crippen LogP contribution in [-0.2, 0) is 6.54 Å². The zero-order valence-electron chi connectivity index (χ0n) is 6.63. The fourth-order valence-electron chi connectivity index (χ4n) is 1.29. The van der Waals surface area contributed by atoms with Crippen molar-refractivity contribution in [2.45, 2.75) is 32.2 Å². The van der Waals surface area contributed by atoms with Gasteiger partial charge in [-0.25, -0.2) is 4.98 Å². The molecule has 0 radical (unpaired) electrons. The molecule has 1 aromatic heterocycles. The van der Waals surface area contributed by atoms with E-state index in [2.05, 4.69) is 11.9 Å². The van der Waals surface area contributed by atoms with Crippen molar-refractivity contribution >= 4 is 11.3 Å². The lowest BCUT2D eigenvalue weighted by atomic mass is 10.3. The van der Waals surface area contributed by atoms with Gasteiger partial charge in [0.1, 0.15) is 5.01 Å². The Balaban J connectivity index is 2.30. The van der Waals surface area contributed by atoms with Crippen LogP contribution in [0.15, 0.2) is 0 Å². The van der Waals surface area contributed by atoms with Crippen LogP contribution in [-0.4, -0.2) is 4.98 Å². The highest BCUT2D eigenvalue weighted by Gasteiger charge is 2.27. The molecule has 0 amide bonds. The van der Waals surface area contributed by atoms with Crippen LogP contribution < -0.4 is 5.73 Å². The molecule has 0 saturated heterocycles. The van der Waals surface area contributed by atoms with Crippen LogP contribution in [0.4, 0.5) is 0 Å². The van der Waals surface area contributed by atoms with Gasteiger partial charge in [0.2, 0.25) is 0 Å². The van der Waals surface area contributed by atoms with Crippen molar-refractivity contribution in [1.82, 2.24) is 4.98 Å². The quantitative estimate of drug-likeness (QED) is 0.731. The van der Waals surface area contributed by atoms with E-state index in [1.807, 2.05) is 0 Å². The maximum absolute atomic E-state index is 5.50. The van der Waals surface area contributed by atoms with Crippen LogP contribution >= 0.6 is 11.3 Å². The maximum Gasteiger partial charge on any atom is 0.107 e. The second-order valence-electron chi connectivity index (χ2n) is 3.03. The number of thiazole rings is 1. The first-order valence-electron chi connectivity index (χ1n) is 3.97. The Hall–Kier alpha value is -0.410. The lowest BCUT2D eigenvalue weighted by Gasteiger charge is -1.89. The van der Waals surface area contributed by atoms with Crippen LogP contribution in [0.3, 0.4) is 0 Å². The SMILES string of the molecule is Cc1sc(CN)nc1C1CC1. The van der Waals surface area contributed by atoms with Gasteiger partial charge >= 0.3 is 0 Å². The minimum atomic E-state index is 0.595. The molecule has 2 rings (SSSR count). The molecule has 2 nitrogen and oxygen atoms in total. The minimum absolute atomic E-state index is 0.595. The third-order valence-corrected chi connectivity index (χ3v) is 3.02. The van der Waals surface area contributed by atoms with E-state index in [-0.39, 0.29) is 0 Å². The Morgan fingerprint density at radius 1 is 1.64 bits per heavy atom. The molecular formula is C8H12N2S. The van der Waals surface area contributed by atoms with E-state index in [4.69, 9.17) is 5.73 Å². The van der Waals surface area contributed by atoms with E-state index >= 15 is 0 Å². The number of hydrogen-bond donors (Lipinski definition) is 1. The van der Waals surface area contributed by atoms with Crippen molar-refractivity contribution in [1.29, 1.82) is 0 Å². The Bertz CT molecular complexity index is 263. The van der Waals surface area contributed by atoms with Crippen molar-refractivity contribution in [2.75, 3.05) is 0 Å². The van der Waals surface area contributed by atoms with Gasteiger partial charge in [-0.2, -0.15) is 0 Å². The van der Waals surface area contributed by atoms with E-state index in [0.29, 0.717) is 6.54 Å². The lowest BCUT2D eigenvalue weighted by Crippen LogP contribution is -1.95. The summed E-state index contributed by atoms with van der Waals surface area (Å²) in [7, 11) is 0. The van der Waals surface area contributed by atoms with Crippen LogP contribution in [0.25, 0.3) is 0 Å². The Morgan fingerprint density at radius 3 is 2.82 bits per heavy atom. The zero-order valence-corrected chi connectivity index (χ0v) is 7.45. The molecule has 1 aromatic rings. The van der Waals surface area contributed by atoms with E-state index in [9.17, 15) is 0 Å². The largest absolute Gasteiger partial charge is 0.325 e. The highest BCUT2D eigenvalue weighted by molar-refractivity contribution is 7.11. The zero-order chi connectivity index (χ0) is 7.84. The summed E-state index contributed by atoms with van der Waals surface area (Å²) in [6.07, 6.45) is 2.66. The number of hydrogen-bond acceptors (Lipinski definition) is 3. The molecule has 0 aliphatic heterocycles. The second kappa shape index (κ2) is 2.57. The Kier molecular flexibility index (Phi) is 1.69. The van der Waals surface area contributed by atoms with Gasteiger partial charge in [0.25, 0.3) is 0 Å². The van der Waals surface area contributed by atoms with Crippen molar-refractivity contribution in [3.05, 3.63) is 15.6 Å². The first-order chi connectivity index (χ1) is 5.31. The molecule has 1 heterocycles. The molecule has 0 bridgehead atoms. The fraction of sp³-hybridized carbons (Fsp3) is 0.625. The summed E-state index contributed by atoms with van der Waals surface area (Å²) in [6, 6.07) is 0. The predicted molar refractivity (Wildman–Crippen MR) is 46.7 cm³/mol. The number of aromatic nitrogens is 1. The summed E-state index contributed by atoms with van der Waals surface area (Å²) in [5.41, 5.74) is 6.82. The normalized spacial score (nSPS) is 17.3. The van der Waals surface area contributed by atoms with E-state index < -0.39 is 0 Å². The third-order valence-electron chi connectivity index (χ3n) is 2.02. The molecule has 0 aromatic carbocycles. The van der Waals surface area contributed by atoms with Crippen molar-refractivity contribution in [3.8, 4) is 0 Å². The van der Waals surface area contributed by atoms with Gasteiger partial charge in [-0.15, -0.1) is 11.3 Å². The van der Waals surface area contributed by atoms with Crippen LogP contribution in [0, 0.1) is 6.92 Å². The summed E-state index contributed by atoms with van der Waals surface area (Å²) in [5, 5.41) is 1.09. The topological polar surface area (TPSA) is 38.9 Å². The summed E-state index contributed by atoms with van der Waals surface area (Å²) >= 11 is 1.75. The summed E-state index contributed by atoms with van der Waals surface area (Å²) in [6.45, 7) is 2.74. The second-order valence-corrected chi connectivity index (χ2v) is 4.32. The molecule has 0 atom stereocenters. The molecule has 11 heavy (non-hydrogen) atoms. The molecule has 3 heteroatoms. The number of rotatable bonds is 2. The fourth-order valence-corrected chi connectivity index (χ4v) is 2.19. The van der Waals surface area contributed by atoms with Crippen molar-refractivity contribution in [2.24, 2.45) is 5.73 Å². The lowest BCUT2D eigenvalue weighted by molar-refractivity contribution is 0.965. The van der Waals surface area contributed by atoms with Gasteiger partial charge in [0.05, 0.1) is 5.69 Å². The summed E-state index contributed by atoms with van der Waals surface area (Å²) in [4.78, 5) is 5.85. The van der Waals surface area contributed by atoms with E-state index in [1.165, 1.54) is 23.4 Å². The highest BCUT2D eigenvalue weighted by atomic mass is 32.1. The molecule has 1 fully saturated rings. The van der Waals surface area contributed by atoms with Crippen LogP contribution in [0.2, 0.25) is 0 Å². The van der Waals surface area contributed by atoms with Gasteiger partial charge in [-0.05, 0) is 19.8 Å². The van der Waals surface area contributed by atoms with Gasteiger partial charge in [0, 0.05) is 17.3 Å². The predicted octanol–water partition coefficient (Wildman–Crippen LogP) is 1.79. The first kappa shape index (κ1) is 7.25. The molecule has 0 spiro atoms. The van der Waals surface area contributed by atoms with Gasteiger partial charge in [-0.3, -0.25) is 0 Å². The maximum atomic E-state index is 5.50. The molecule has 2 N–H and O–H groups in total. The van der Waals surface area contributed by atoms with Crippen LogP contribution in [0.1, 0.15) is 34.3 Å². The van der Waals surface area contributed by atoms with Crippen molar-refractivity contribution < 1.29 is 0 Å². The average Bonchev–Trinajstić information content (AvgIpc) is 2.76.